The number of thioether (sulfide) groups is 1. The van der Waals surface area contributed by atoms with Crippen molar-refractivity contribution in [3.63, 3.8) is 0 Å². The molecule has 15 heavy (non-hydrogen) atoms. The molecule has 0 unspecified atom stereocenters. The van der Waals surface area contributed by atoms with Gasteiger partial charge in [0.05, 0.1) is 5.60 Å². The molecule has 0 radical (unpaired) electrons. The van der Waals surface area contributed by atoms with Gasteiger partial charge in [-0.05, 0) is 29.2 Å². The van der Waals surface area contributed by atoms with E-state index >= 15 is 0 Å². The van der Waals surface area contributed by atoms with Crippen molar-refractivity contribution in [3.8, 4) is 0 Å². The third-order valence-electron chi connectivity index (χ3n) is 3.00. The second-order valence-electron chi connectivity index (χ2n) is 5.30. The van der Waals surface area contributed by atoms with Crippen LogP contribution in [0, 0.1) is 5.92 Å². The van der Waals surface area contributed by atoms with Gasteiger partial charge >= 0.3 is 0 Å². The number of fused-ring (bicyclic) bond motifs is 1. The van der Waals surface area contributed by atoms with Crippen LogP contribution >= 0.6 is 27.7 Å². The topological polar surface area (TPSA) is 20.2 Å². The Morgan fingerprint density at radius 3 is 2.80 bits per heavy atom. The summed E-state index contributed by atoms with van der Waals surface area (Å²) in [5.74, 6) is 0.179. The molecule has 1 fully saturated rings. The molecule has 1 saturated heterocycles. The predicted octanol–water partition coefficient (Wildman–Crippen LogP) is 3.84. The minimum Gasteiger partial charge on any atom is -0.389 e. The fraction of sp³-hybridized carbons (Fsp3) is 0.667. The van der Waals surface area contributed by atoms with E-state index in [-0.39, 0.29) is 10.7 Å². The van der Waals surface area contributed by atoms with Gasteiger partial charge in [-0.15, -0.1) is 11.8 Å². The molecule has 0 aromatic carbocycles. The molecule has 2 aliphatic rings. The second kappa shape index (κ2) is 3.64. The largest absolute Gasteiger partial charge is 0.389 e. The van der Waals surface area contributed by atoms with Crippen molar-refractivity contribution in [2.75, 3.05) is 0 Å². The molecule has 0 aromatic heterocycles. The lowest BCUT2D eigenvalue weighted by Gasteiger charge is -2.46. The maximum atomic E-state index is 10.5. The SMILES string of the molecule is CC1(C)C[C@@](C)(O)[C@@H]2C=C(Br)CC=C2S1. The van der Waals surface area contributed by atoms with E-state index in [0.717, 1.165) is 12.8 Å². The Balaban J connectivity index is 2.34. The molecule has 84 valence electrons. The molecule has 0 saturated carbocycles. The average molecular weight is 289 g/mol. The minimum absolute atomic E-state index is 0.142. The maximum Gasteiger partial charge on any atom is 0.0741 e. The summed E-state index contributed by atoms with van der Waals surface area (Å²) in [7, 11) is 0. The van der Waals surface area contributed by atoms with Crippen molar-refractivity contribution in [3.05, 3.63) is 21.5 Å². The van der Waals surface area contributed by atoms with E-state index in [0.29, 0.717) is 0 Å². The van der Waals surface area contributed by atoms with Crippen molar-refractivity contribution in [1.29, 1.82) is 0 Å². The summed E-state index contributed by atoms with van der Waals surface area (Å²) >= 11 is 5.44. The standard InChI is InChI=1S/C12H17BrOS/c1-11(2)7-12(3,14)9-6-8(13)4-5-10(9)15-11/h5-6,9,14H,4,7H2,1-3H3/t9-,12-/m1/s1. The van der Waals surface area contributed by atoms with Crippen molar-refractivity contribution in [2.24, 2.45) is 5.92 Å². The molecule has 0 spiro atoms. The van der Waals surface area contributed by atoms with Crippen molar-refractivity contribution >= 4 is 27.7 Å². The average Bonchev–Trinajstić information content (AvgIpc) is 2.03. The molecule has 1 aliphatic carbocycles. The van der Waals surface area contributed by atoms with Gasteiger partial charge < -0.3 is 5.11 Å². The van der Waals surface area contributed by atoms with Crippen LogP contribution in [0.1, 0.15) is 33.6 Å². The predicted molar refractivity (Wildman–Crippen MR) is 70.1 cm³/mol. The van der Waals surface area contributed by atoms with E-state index in [2.05, 4.69) is 41.9 Å². The highest BCUT2D eigenvalue weighted by molar-refractivity contribution is 9.11. The van der Waals surface area contributed by atoms with Crippen LogP contribution in [-0.2, 0) is 0 Å². The molecule has 1 nitrogen and oxygen atoms in total. The molecule has 0 amide bonds. The van der Waals surface area contributed by atoms with Crippen LogP contribution in [0.4, 0.5) is 0 Å². The first kappa shape index (κ1) is 11.7. The van der Waals surface area contributed by atoms with E-state index < -0.39 is 5.60 Å². The van der Waals surface area contributed by atoms with Gasteiger partial charge in [0.2, 0.25) is 0 Å². The van der Waals surface area contributed by atoms with Crippen LogP contribution in [0.3, 0.4) is 0 Å². The number of allylic oxidation sites excluding steroid dienone is 2. The van der Waals surface area contributed by atoms with E-state index in [1.54, 1.807) is 0 Å². The van der Waals surface area contributed by atoms with Crippen LogP contribution in [0.15, 0.2) is 21.5 Å². The van der Waals surface area contributed by atoms with Gasteiger partial charge in [-0.25, -0.2) is 0 Å². The first-order chi connectivity index (χ1) is 6.80. The Morgan fingerprint density at radius 1 is 1.47 bits per heavy atom. The fourth-order valence-corrected chi connectivity index (χ4v) is 4.62. The fourth-order valence-electron chi connectivity index (χ4n) is 2.57. The second-order valence-corrected chi connectivity index (χ2v) is 8.10. The van der Waals surface area contributed by atoms with Crippen LogP contribution in [0.5, 0.6) is 0 Å². The van der Waals surface area contributed by atoms with Gasteiger partial charge in [-0.3, -0.25) is 0 Å². The summed E-state index contributed by atoms with van der Waals surface area (Å²) in [6.45, 7) is 6.36. The zero-order valence-corrected chi connectivity index (χ0v) is 11.8. The smallest absolute Gasteiger partial charge is 0.0741 e. The Bertz CT molecular complexity index is 342. The molecular formula is C12H17BrOS. The number of hydrogen-bond acceptors (Lipinski definition) is 2. The zero-order valence-electron chi connectivity index (χ0n) is 9.38. The Labute approximate surface area is 104 Å². The molecule has 0 bridgehead atoms. The van der Waals surface area contributed by atoms with E-state index in [1.165, 1.54) is 9.39 Å². The zero-order chi connectivity index (χ0) is 11.3. The lowest BCUT2D eigenvalue weighted by molar-refractivity contribution is 0.0132. The quantitative estimate of drug-likeness (QED) is 0.731. The van der Waals surface area contributed by atoms with Gasteiger partial charge in [-0.2, -0.15) is 0 Å². The number of halogens is 1. The van der Waals surface area contributed by atoms with E-state index in [1.807, 2.05) is 18.7 Å². The van der Waals surface area contributed by atoms with Gasteiger partial charge in [0.25, 0.3) is 0 Å². The van der Waals surface area contributed by atoms with Gasteiger partial charge in [0.1, 0.15) is 0 Å². The Morgan fingerprint density at radius 2 is 2.13 bits per heavy atom. The molecule has 1 N–H and O–H groups in total. The number of rotatable bonds is 0. The summed E-state index contributed by atoms with van der Waals surface area (Å²) in [6, 6.07) is 0. The first-order valence-electron chi connectivity index (χ1n) is 5.28. The molecule has 2 rings (SSSR count). The van der Waals surface area contributed by atoms with Gasteiger partial charge in [0, 0.05) is 10.7 Å². The summed E-state index contributed by atoms with van der Waals surface area (Å²) in [4.78, 5) is 1.33. The Kier molecular flexibility index (Phi) is 2.85. The summed E-state index contributed by atoms with van der Waals surface area (Å²) in [6.07, 6.45) is 6.21. The van der Waals surface area contributed by atoms with Gasteiger partial charge in [-0.1, -0.05) is 41.9 Å². The highest BCUT2D eigenvalue weighted by Crippen LogP contribution is 2.53. The lowest BCUT2D eigenvalue weighted by Crippen LogP contribution is -2.45. The van der Waals surface area contributed by atoms with Crippen molar-refractivity contribution < 1.29 is 5.11 Å². The summed E-state index contributed by atoms with van der Waals surface area (Å²) in [5, 5.41) is 10.5. The monoisotopic (exact) mass is 288 g/mol. The normalized spacial score (nSPS) is 39.1. The van der Waals surface area contributed by atoms with Crippen LogP contribution in [-0.4, -0.2) is 15.5 Å². The minimum atomic E-state index is -0.611. The van der Waals surface area contributed by atoms with E-state index in [4.69, 9.17) is 0 Å². The van der Waals surface area contributed by atoms with Gasteiger partial charge in [0.15, 0.2) is 0 Å². The lowest BCUT2D eigenvalue weighted by atomic mass is 9.79. The molecule has 3 heteroatoms. The third kappa shape index (κ3) is 2.34. The molecule has 0 aromatic rings. The molecule has 1 aliphatic heterocycles. The molecule has 1 heterocycles. The maximum absolute atomic E-state index is 10.5. The highest BCUT2D eigenvalue weighted by Gasteiger charge is 2.45. The van der Waals surface area contributed by atoms with Crippen molar-refractivity contribution in [1.82, 2.24) is 0 Å². The third-order valence-corrected chi connectivity index (χ3v) is 4.94. The number of hydrogen-bond donors (Lipinski definition) is 1. The van der Waals surface area contributed by atoms with Crippen LogP contribution in [0.2, 0.25) is 0 Å². The van der Waals surface area contributed by atoms with E-state index in [9.17, 15) is 5.11 Å². The summed E-state index contributed by atoms with van der Waals surface area (Å²) < 4.78 is 1.33. The number of aliphatic hydroxyl groups is 1. The van der Waals surface area contributed by atoms with Crippen molar-refractivity contribution in [2.45, 2.75) is 44.0 Å². The van der Waals surface area contributed by atoms with Crippen LogP contribution < -0.4 is 0 Å². The molecular weight excluding hydrogens is 272 g/mol. The Hall–Kier alpha value is 0.270. The first-order valence-corrected chi connectivity index (χ1v) is 6.89. The highest BCUT2D eigenvalue weighted by atomic mass is 79.9. The van der Waals surface area contributed by atoms with Crippen LogP contribution in [0.25, 0.3) is 0 Å². The molecule has 2 atom stereocenters. The summed E-state index contributed by atoms with van der Waals surface area (Å²) in [5.41, 5.74) is -0.611.